The first-order valence-corrected chi connectivity index (χ1v) is 8.48. The number of aryl methyl sites for hydroxylation is 2. The number of rotatable bonds is 2. The number of nitrogens with zero attached hydrogens (tertiary/aromatic N) is 3. The highest BCUT2D eigenvalue weighted by atomic mass is 16.2. The van der Waals surface area contributed by atoms with Crippen LogP contribution in [0.25, 0.3) is 0 Å². The molecule has 5 nitrogen and oxygen atoms in total. The number of nitrogens with one attached hydrogen (secondary N) is 1. The number of benzene rings is 1. The first-order chi connectivity index (χ1) is 11.4. The molecule has 1 aromatic carbocycles. The van der Waals surface area contributed by atoms with Crippen LogP contribution in [-0.2, 0) is 7.05 Å². The van der Waals surface area contributed by atoms with Gasteiger partial charge in [-0.3, -0.25) is 10.00 Å². The number of anilines is 1. The molecule has 1 fully saturated rings. The topological polar surface area (TPSA) is 50.2 Å². The number of hydrogen-bond donors (Lipinski definition) is 1. The zero-order valence-electron chi connectivity index (χ0n) is 14.9. The summed E-state index contributed by atoms with van der Waals surface area (Å²) >= 11 is 0. The number of urea groups is 1. The van der Waals surface area contributed by atoms with Crippen LogP contribution in [0.15, 0.2) is 36.5 Å². The van der Waals surface area contributed by atoms with Gasteiger partial charge in [0.05, 0.1) is 6.20 Å². The van der Waals surface area contributed by atoms with E-state index in [1.165, 1.54) is 5.56 Å². The molecule has 2 heterocycles. The summed E-state index contributed by atoms with van der Waals surface area (Å²) in [6, 6.07) is 10.5. The Labute approximate surface area is 143 Å². The number of carbonyl (C=O) groups excluding carboxylic acids is 1. The monoisotopic (exact) mass is 326 g/mol. The fraction of sp³-hybridized carbons (Fsp3) is 0.474. The Hall–Kier alpha value is -2.30. The molecule has 1 saturated heterocycles. The molecule has 0 saturated carbocycles. The lowest BCUT2D eigenvalue weighted by atomic mass is 9.70. The molecule has 2 aromatic rings. The average Bonchev–Trinajstić information content (AvgIpc) is 2.87. The van der Waals surface area contributed by atoms with Crippen LogP contribution in [-0.4, -0.2) is 33.8 Å². The molecule has 1 atom stereocenters. The highest BCUT2D eigenvalue weighted by Gasteiger charge is 2.38. The van der Waals surface area contributed by atoms with Gasteiger partial charge in [0.15, 0.2) is 0 Å². The van der Waals surface area contributed by atoms with Gasteiger partial charge in [-0.1, -0.05) is 44.2 Å². The Morgan fingerprint density at radius 1 is 1.29 bits per heavy atom. The van der Waals surface area contributed by atoms with Gasteiger partial charge in [-0.05, 0) is 24.3 Å². The number of carbonyl (C=O) groups is 1. The Bertz CT molecular complexity index is 701. The molecule has 1 aromatic heterocycles. The normalized spacial score (nSPS) is 20.0. The van der Waals surface area contributed by atoms with Crippen LogP contribution in [0.2, 0.25) is 0 Å². The van der Waals surface area contributed by atoms with E-state index in [1.807, 2.05) is 24.9 Å². The minimum atomic E-state index is -0.0434. The van der Waals surface area contributed by atoms with Crippen LogP contribution in [0.3, 0.4) is 0 Å². The van der Waals surface area contributed by atoms with Gasteiger partial charge in [-0.2, -0.15) is 5.10 Å². The van der Waals surface area contributed by atoms with Crippen LogP contribution in [0.4, 0.5) is 10.6 Å². The summed E-state index contributed by atoms with van der Waals surface area (Å²) in [7, 11) is 1.84. The van der Waals surface area contributed by atoms with Crippen LogP contribution in [0, 0.1) is 12.3 Å². The third-order valence-corrected chi connectivity index (χ3v) is 5.21. The lowest BCUT2D eigenvalue weighted by Crippen LogP contribution is -2.47. The van der Waals surface area contributed by atoms with Crippen LogP contribution >= 0.6 is 0 Å². The zero-order chi connectivity index (χ0) is 17.3. The lowest BCUT2D eigenvalue weighted by molar-refractivity contribution is 0.123. The fourth-order valence-corrected chi connectivity index (χ4v) is 3.49. The second-order valence-electron chi connectivity index (χ2n) is 7.38. The molecular formula is C19H26N4O. The molecule has 1 N–H and O–H groups in total. The molecule has 2 amide bonds. The van der Waals surface area contributed by atoms with Crippen molar-refractivity contribution in [3.8, 4) is 0 Å². The molecule has 0 aliphatic carbocycles. The van der Waals surface area contributed by atoms with Crippen molar-refractivity contribution in [1.82, 2.24) is 14.7 Å². The third kappa shape index (κ3) is 3.16. The smallest absolute Gasteiger partial charge is 0.323 e. The third-order valence-electron chi connectivity index (χ3n) is 5.21. The Morgan fingerprint density at radius 2 is 2.00 bits per heavy atom. The van der Waals surface area contributed by atoms with Crippen molar-refractivity contribution in [2.24, 2.45) is 12.5 Å². The molecule has 5 heteroatoms. The molecule has 24 heavy (non-hydrogen) atoms. The number of piperidine rings is 1. The summed E-state index contributed by atoms with van der Waals surface area (Å²) in [4.78, 5) is 14.7. The van der Waals surface area contributed by atoms with Gasteiger partial charge in [-0.25, -0.2) is 4.79 Å². The van der Waals surface area contributed by atoms with Crippen molar-refractivity contribution >= 4 is 11.8 Å². The SMILES string of the molecule is Cc1cnn(C)c1NC(=O)N1CCC(C)(C)C(c2ccccc2)C1. The predicted octanol–water partition coefficient (Wildman–Crippen LogP) is 3.78. The molecule has 3 rings (SSSR count). The predicted molar refractivity (Wildman–Crippen MR) is 96.1 cm³/mol. The highest BCUT2D eigenvalue weighted by molar-refractivity contribution is 5.89. The summed E-state index contributed by atoms with van der Waals surface area (Å²) in [6.07, 6.45) is 2.76. The van der Waals surface area contributed by atoms with Crippen molar-refractivity contribution in [3.63, 3.8) is 0 Å². The Morgan fingerprint density at radius 3 is 2.62 bits per heavy atom. The van der Waals surface area contributed by atoms with Gasteiger partial charge in [0.25, 0.3) is 0 Å². The van der Waals surface area contributed by atoms with E-state index in [0.717, 1.165) is 30.9 Å². The number of likely N-dealkylation sites (tertiary alicyclic amines) is 1. The summed E-state index contributed by atoms with van der Waals surface area (Å²) in [5.74, 6) is 1.10. The Kier molecular flexibility index (Phi) is 4.35. The molecule has 0 bridgehead atoms. The second kappa shape index (κ2) is 6.30. The van der Waals surface area contributed by atoms with Crippen molar-refractivity contribution < 1.29 is 4.79 Å². The molecule has 1 unspecified atom stereocenters. The van der Waals surface area contributed by atoms with Gasteiger partial charge in [-0.15, -0.1) is 0 Å². The fourth-order valence-electron chi connectivity index (χ4n) is 3.49. The first kappa shape index (κ1) is 16.6. The summed E-state index contributed by atoms with van der Waals surface area (Å²) < 4.78 is 1.70. The summed E-state index contributed by atoms with van der Waals surface area (Å²) in [5.41, 5.74) is 2.46. The maximum atomic E-state index is 12.7. The zero-order valence-corrected chi connectivity index (χ0v) is 14.9. The van der Waals surface area contributed by atoms with Gasteiger partial charge >= 0.3 is 6.03 Å². The number of amides is 2. The van der Waals surface area contributed by atoms with Crippen LogP contribution < -0.4 is 5.32 Å². The van der Waals surface area contributed by atoms with Crippen molar-refractivity contribution in [3.05, 3.63) is 47.7 Å². The Balaban J connectivity index is 1.77. The van der Waals surface area contributed by atoms with E-state index < -0.39 is 0 Å². The average molecular weight is 326 g/mol. The largest absolute Gasteiger partial charge is 0.324 e. The molecule has 128 valence electrons. The second-order valence-corrected chi connectivity index (χ2v) is 7.38. The molecule has 1 aliphatic rings. The lowest BCUT2D eigenvalue weighted by Gasteiger charge is -2.44. The van der Waals surface area contributed by atoms with Gasteiger partial charge in [0.2, 0.25) is 0 Å². The van der Waals surface area contributed by atoms with Crippen molar-refractivity contribution in [2.45, 2.75) is 33.1 Å². The highest BCUT2D eigenvalue weighted by Crippen LogP contribution is 2.42. The molecule has 0 radical (unpaired) electrons. The van der Waals surface area contributed by atoms with E-state index in [1.54, 1.807) is 10.9 Å². The van der Waals surface area contributed by atoms with E-state index in [0.29, 0.717) is 5.92 Å². The molecular weight excluding hydrogens is 300 g/mol. The summed E-state index contributed by atoms with van der Waals surface area (Å²) in [6.45, 7) is 8.06. The standard InChI is InChI=1S/C19H26N4O/c1-14-12-20-22(4)17(14)21-18(24)23-11-10-19(2,3)16(13-23)15-8-6-5-7-9-15/h5-9,12,16H,10-11,13H2,1-4H3,(H,21,24). The first-order valence-electron chi connectivity index (χ1n) is 8.48. The van der Waals surface area contributed by atoms with Gasteiger partial charge < -0.3 is 4.90 Å². The summed E-state index contributed by atoms with van der Waals surface area (Å²) in [5, 5.41) is 7.20. The van der Waals surface area contributed by atoms with E-state index in [2.05, 4.69) is 48.5 Å². The van der Waals surface area contributed by atoms with E-state index >= 15 is 0 Å². The molecule has 0 spiro atoms. The minimum Gasteiger partial charge on any atom is -0.324 e. The minimum absolute atomic E-state index is 0.0434. The van der Waals surface area contributed by atoms with E-state index in [9.17, 15) is 4.79 Å². The van der Waals surface area contributed by atoms with Gasteiger partial charge in [0.1, 0.15) is 5.82 Å². The van der Waals surface area contributed by atoms with Gasteiger partial charge in [0, 0.05) is 31.6 Å². The van der Waals surface area contributed by atoms with E-state index in [-0.39, 0.29) is 11.4 Å². The maximum absolute atomic E-state index is 12.7. The van der Waals surface area contributed by atoms with Crippen molar-refractivity contribution in [2.75, 3.05) is 18.4 Å². The van der Waals surface area contributed by atoms with Crippen LogP contribution in [0.1, 0.15) is 37.3 Å². The maximum Gasteiger partial charge on any atom is 0.323 e. The molecule has 1 aliphatic heterocycles. The number of aromatic nitrogens is 2. The van der Waals surface area contributed by atoms with Crippen LogP contribution in [0.5, 0.6) is 0 Å². The van der Waals surface area contributed by atoms with E-state index in [4.69, 9.17) is 0 Å². The quantitative estimate of drug-likeness (QED) is 0.913. The van der Waals surface area contributed by atoms with Crippen molar-refractivity contribution in [1.29, 1.82) is 0 Å². The number of hydrogen-bond acceptors (Lipinski definition) is 2.